The van der Waals surface area contributed by atoms with Gasteiger partial charge < -0.3 is 10.6 Å². The molecule has 11 heteroatoms. The molecule has 0 spiro atoms. The Morgan fingerprint density at radius 1 is 1.06 bits per heavy atom. The summed E-state index contributed by atoms with van der Waals surface area (Å²) in [5.41, 5.74) is 1.03. The van der Waals surface area contributed by atoms with Gasteiger partial charge in [0.15, 0.2) is 0 Å². The number of hydrogen-bond acceptors (Lipinski definition) is 6. The minimum absolute atomic E-state index is 0.00373. The standard InChI is InChI=1S/C22H26N4O6S/c1-15-6-11-19(26(29)30)14-20(15)33(31,32)24-13-12-23-21(27)17-7-9-18(10-8-17)25-22(28)16-4-2-3-5-16/h6-11,14,16,24H,2-5,12-13H2,1H3,(H,23,27)(H,25,28). The summed E-state index contributed by atoms with van der Waals surface area (Å²) in [6.45, 7) is 1.47. The van der Waals surface area contributed by atoms with E-state index in [2.05, 4.69) is 15.4 Å². The lowest BCUT2D eigenvalue weighted by molar-refractivity contribution is -0.385. The number of nitrogens with zero attached hydrogens (tertiary/aromatic N) is 1. The first-order valence-corrected chi connectivity index (χ1v) is 12.1. The van der Waals surface area contributed by atoms with Crippen molar-refractivity contribution in [3.63, 3.8) is 0 Å². The van der Waals surface area contributed by atoms with E-state index in [0.29, 0.717) is 16.8 Å². The van der Waals surface area contributed by atoms with Crippen LogP contribution in [0.1, 0.15) is 41.6 Å². The highest BCUT2D eigenvalue weighted by atomic mass is 32.2. The summed E-state index contributed by atoms with van der Waals surface area (Å²) in [4.78, 5) is 34.6. The molecule has 0 atom stereocenters. The summed E-state index contributed by atoms with van der Waals surface area (Å²) < 4.78 is 27.3. The summed E-state index contributed by atoms with van der Waals surface area (Å²) in [5, 5.41) is 16.4. The Morgan fingerprint density at radius 2 is 1.73 bits per heavy atom. The van der Waals surface area contributed by atoms with Gasteiger partial charge in [-0.25, -0.2) is 13.1 Å². The Bertz CT molecular complexity index is 1140. The number of non-ortho nitro benzene ring substituents is 1. The van der Waals surface area contributed by atoms with E-state index in [1.807, 2.05) is 0 Å². The molecule has 3 N–H and O–H groups in total. The lowest BCUT2D eigenvalue weighted by atomic mass is 10.1. The molecular formula is C22H26N4O6S. The van der Waals surface area contributed by atoms with Crippen molar-refractivity contribution in [3.8, 4) is 0 Å². The number of nitro benzene ring substituents is 1. The van der Waals surface area contributed by atoms with Gasteiger partial charge in [0, 0.05) is 42.4 Å². The van der Waals surface area contributed by atoms with E-state index in [-0.39, 0.29) is 35.5 Å². The van der Waals surface area contributed by atoms with Crippen molar-refractivity contribution in [2.75, 3.05) is 18.4 Å². The second-order valence-corrected chi connectivity index (χ2v) is 9.64. The zero-order chi connectivity index (χ0) is 24.0. The summed E-state index contributed by atoms with van der Waals surface area (Å²) >= 11 is 0. The third-order valence-corrected chi connectivity index (χ3v) is 7.12. The maximum absolute atomic E-state index is 12.5. The molecule has 1 fully saturated rings. The first-order chi connectivity index (χ1) is 15.7. The first kappa shape index (κ1) is 24.3. The third-order valence-electron chi connectivity index (χ3n) is 5.52. The van der Waals surface area contributed by atoms with E-state index in [9.17, 15) is 28.1 Å². The Kier molecular flexibility index (Phi) is 7.77. The van der Waals surface area contributed by atoms with Crippen LogP contribution in [0.5, 0.6) is 0 Å². The quantitative estimate of drug-likeness (QED) is 0.289. The number of aryl methyl sites for hydroxylation is 1. The topological polar surface area (TPSA) is 148 Å². The van der Waals surface area contributed by atoms with Crippen molar-refractivity contribution < 1.29 is 22.9 Å². The Labute approximate surface area is 192 Å². The molecular weight excluding hydrogens is 448 g/mol. The zero-order valence-electron chi connectivity index (χ0n) is 18.2. The smallest absolute Gasteiger partial charge is 0.270 e. The zero-order valence-corrected chi connectivity index (χ0v) is 19.0. The monoisotopic (exact) mass is 474 g/mol. The number of carbonyl (C=O) groups is 2. The number of hydrogen-bond donors (Lipinski definition) is 3. The molecule has 0 aromatic heterocycles. The van der Waals surface area contributed by atoms with Gasteiger partial charge in [0.05, 0.1) is 9.82 Å². The summed E-state index contributed by atoms with van der Waals surface area (Å²) in [5.74, 6) is -0.354. The molecule has 3 rings (SSSR count). The first-order valence-electron chi connectivity index (χ1n) is 10.6. The molecule has 1 aliphatic rings. The van der Waals surface area contributed by atoms with Gasteiger partial charge in [-0.15, -0.1) is 0 Å². The fourth-order valence-corrected chi connectivity index (χ4v) is 4.96. The van der Waals surface area contributed by atoms with Crippen molar-refractivity contribution in [1.29, 1.82) is 0 Å². The SMILES string of the molecule is Cc1ccc([N+](=O)[O-])cc1S(=O)(=O)NCCNC(=O)c1ccc(NC(=O)C2CCCC2)cc1. The van der Waals surface area contributed by atoms with Crippen LogP contribution < -0.4 is 15.4 Å². The van der Waals surface area contributed by atoms with Crippen LogP contribution in [-0.4, -0.2) is 38.2 Å². The van der Waals surface area contributed by atoms with Gasteiger partial charge in [-0.05, 0) is 49.6 Å². The molecule has 0 saturated heterocycles. The van der Waals surface area contributed by atoms with Crippen LogP contribution in [-0.2, 0) is 14.8 Å². The van der Waals surface area contributed by atoms with Crippen LogP contribution in [0.15, 0.2) is 47.4 Å². The fourth-order valence-electron chi connectivity index (χ4n) is 3.67. The highest BCUT2D eigenvalue weighted by molar-refractivity contribution is 7.89. The molecule has 10 nitrogen and oxygen atoms in total. The average Bonchev–Trinajstić information content (AvgIpc) is 3.32. The molecule has 2 aromatic carbocycles. The molecule has 2 amide bonds. The number of anilines is 1. The molecule has 176 valence electrons. The van der Waals surface area contributed by atoms with E-state index in [4.69, 9.17) is 0 Å². The molecule has 1 aliphatic carbocycles. The van der Waals surface area contributed by atoms with Gasteiger partial charge in [0.2, 0.25) is 15.9 Å². The Morgan fingerprint density at radius 3 is 2.36 bits per heavy atom. The van der Waals surface area contributed by atoms with Crippen molar-refractivity contribution in [3.05, 3.63) is 63.7 Å². The third kappa shape index (κ3) is 6.36. The number of amides is 2. The number of benzene rings is 2. The van der Waals surface area contributed by atoms with Crippen LogP contribution in [0.3, 0.4) is 0 Å². The lowest BCUT2D eigenvalue weighted by Crippen LogP contribution is -2.35. The van der Waals surface area contributed by atoms with Crippen LogP contribution in [0.4, 0.5) is 11.4 Å². The van der Waals surface area contributed by atoms with Gasteiger partial charge in [0.1, 0.15) is 0 Å². The average molecular weight is 475 g/mol. The number of nitrogens with one attached hydrogen (secondary N) is 3. The largest absolute Gasteiger partial charge is 0.351 e. The predicted molar refractivity (Wildman–Crippen MR) is 122 cm³/mol. The highest BCUT2D eigenvalue weighted by Gasteiger charge is 2.23. The van der Waals surface area contributed by atoms with Gasteiger partial charge in [0.25, 0.3) is 11.6 Å². The maximum Gasteiger partial charge on any atom is 0.270 e. The van der Waals surface area contributed by atoms with Crippen LogP contribution in [0, 0.1) is 23.0 Å². The fraction of sp³-hybridized carbons (Fsp3) is 0.364. The van der Waals surface area contributed by atoms with E-state index in [0.717, 1.165) is 31.7 Å². The molecule has 33 heavy (non-hydrogen) atoms. The van der Waals surface area contributed by atoms with E-state index < -0.39 is 20.9 Å². The van der Waals surface area contributed by atoms with Gasteiger partial charge in [-0.2, -0.15) is 0 Å². The lowest BCUT2D eigenvalue weighted by Gasteiger charge is -2.11. The summed E-state index contributed by atoms with van der Waals surface area (Å²) in [6, 6.07) is 10.1. The maximum atomic E-state index is 12.5. The van der Waals surface area contributed by atoms with Gasteiger partial charge >= 0.3 is 0 Å². The molecule has 0 bridgehead atoms. The molecule has 2 aromatic rings. The van der Waals surface area contributed by atoms with E-state index in [1.54, 1.807) is 31.2 Å². The van der Waals surface area contributed by atoms with Crippen molar-refractivity contribution >= 4 is 33.2 Å². The number of rotatable bonds is 9. The minimum Gasteiger partial charge on any atom is -0.351 e. The van der Waals surface area contributed by atoms with Gasteiger partial charge in [-0.3, -0.25) is 19.7 Å². The highest BCUT2D eigenvalue weighted by Crippen LogP contribution is 2.26. The Hall–Kier alpha value is -3.31. The van der Waals surface area contributed by atoms with Crippen molar-refractivity contribution in [1.82, 2.24) is 10.0 Å². The van der Waals surface area contributed by atoms with Crippen molar-refractivity contribution in [2.24, 2.45) is 5.92 Å². The van der Waals surface area contributed by atoms with Crippen LogP contribution >= 0.6 is 0 Å². The van der Waals surface area contributed by atoms with Crippen LogP contribution in [0.2, 0.25) is 0 Å². The van der Waals surface area contributed by atoms with Gasteiger partial charge in [-0.1, -0.05) is 18.9 Å². The molecule has 0 unspecified atom stereocenters. The number of carbonyl (C=O) groups excluding carboxylic acids is 2. The second-order valence-electron chi connectivity index (χ2n) is 7.91. The molecule has 0 heterocycles. The molecule has 1 saturated carbocycles. The van der Waals surface area contributed by atoms with Crippen LogP contribution in [0.25, 0.3) is 0 Å². The molecule has 0 radical (unpaired) electrons. The minimum atomic E-state index is -3.98. The predicted octanol–water partition coefficient (Wildman–Crippen LogP) is 2.74. The Balaban J connectivity index is 1.49. The van der Waals surface area contributed by atoms with E-state index >= 15 is 0 Å². The number of nitro groups is 1. The second kappa shape index (κ2) is 10.5. The van der Waals surface area contributed by atoms with E-state index in [1.165, 1.54) is 12.1 Å². The summed E-state index contributed by atoms with van der Waals surface area (Å²) in [7, 11) is -3.98. The normalized spacial score (nSPS) is 14.1. The molecule has 0 aliphatic heterocycles. The number of sulfonamides is 1. The summed E-state index contributed by atoms with van der Waals surface area (Å²) in [6.07, 6.45) is 3.93. The van der Waals surface area contributed by atoms with Crippen molar-refractivity contribution in [2.45, 2.75) is 37.5 Å².